The number of rotatable bonds is 6. The van der Waals surface area contributed by atoms with Crippen molar-refractivity contribution < 1.29 is 9.53 Å². The van der Waals surface area contributed by atoms with Crippen LogP contribution in [0.25, 0.3) is 0 Å². The van der Waals surface area contributed by atoms with Crippen molar-refractivity contribution in [1.82, 2.24) is 16.0 Å². The van der Waals surface area contributed by atoms with Gasteiger partial charge in [0.05, 0.1) is 12.1 Å². The van der Waals surface area contributed by atoms with Gasteiger partial charge in [-0.1, -0.05) is 42.5 Å². The van der Waals surface area contributed by atoms with Gasteiger partial charge in [-0.25, -0.2) is 4.79 Å². The molecule has 1 aliphatic heterocycles. The monoisotopic (exact) mass is 351 g/mol. The van der Waals surface area contributed by atoms with Gasteiger partial charge in [-0.2, -0.15) is 0 Å². The smallest absolute Gasteiger partial charge is 0.315 e. The van der Waals surface area contributed by atoms with E-state index in [-0.39, 0.29) is 12.1 Å². The molecule has 3 unspecified atom stereocenters. The van der Waals surface area contributed by atoms with Gasteiger partial charge < -0.3 is 20.7 Å². The minimum Gasteiger partial charge on any atom is -0.489 e. The van der Waals surface area contributed by atoms with E-state index in [2.05, 4.69) is 40.2 Å². The summed E-state index contributed by atoms with van der Waals surface area (Å²) in [6.07, 6.45) is 3.10. The molecule has 2 aliphatic rings. The van der Waals surface area contributed by atoms with Crippen molar-refractivity contribution in [2.24, 2.45) is 0 Å². The average Bonchev–Trinajstić information content (AvgIpc) is 3.05. The van der Waals surface area contributed by atoms with Crippen LogP contribution in [0.2, 0.25) is 0 Å². The van der Waals surface area contributed by atoms with Gasteiger partial charge in [0.1, 0.15) is 12.4 Å². The summed E-state index contributed by atoms with van der Waals surface area (Å²) in [6.45, 7) is 1.39. The molecule has 5 heteroatoms. The van der Waals surface area contributed by atoms with Crippen LogP contribution < -0.4 is 20.7 Å². The molecule has 1 heterocycles. The SMILES string of the molecule is O=C1NC2CCC(NCc3cccc(OCc4ccccc4)c3)CC2N1. The van der Waals surface area contributed by atoms with Crippen molar-refractivity contribution in [3.63, 3.8) is 0 Å². The Bertz CT molecular complexity index is 750. The second kappa shape index (κ2) is 7.79. The third-order valence-electron chi connectivity index (χ3n) is 5.22. The van der Waals surface area contributed by atoms with Gasteiger partial charge in [0.2, 0.25) is 0 Å². The van der Waals surface area contributed by atoms with E-state index in [0.29, 0.717) is 18.7 Å². The average molecular weight is 351 g/mol. The summed E-state index contributed by atoms with van der Waals surface area (Å²) in [5, 5.41) is 9.64. The lowest BCUT2D eigenvalue weighted by Crippen LogP contribution is -2.46. The first-order valence-electron chi connectivity index (χ1n) is 9.32. The van der Waals surface area contributed by atoms with Gasteiger partial charge in [-0.3, -0.25) is 0 Å². The highest BCUT2D eigenvalue weighted by atomic mass is 16.5. The quantitative estimate of drug-likeness (QED) is 0.750. The summed E-state index contributed by atoms with van der Waals surface area (Å²) < 4.78 is 5.91. The first-order valence-corrected chi connectivity index (χ1v) is 9.32. The number of ether oxygens (including phenoxy) is 1. The molecule has 2 aromatic rings. The fourth-order valence-electron chi connectivity index (χ4n) is 3.82. The number of carbonyl (C=O) groups is 1. The minimum absolute atomic E-state index is 0.0242. The number of hydrogen-bond donors (Lipinski definition) is 3. The van der Waals surface area contributed by atoms with E-state index in [9.17, 15) is 4.79 Å². The number of nitrogens with one attached hydrogen (secondary N) is 3. The zero-order chi connectivity index (χ0) is 17.8. The summed E-state index contributed by atoms with van der Waals surface area (Å²) in [6, 6.07) is 19.4. The van der Waals surface area contributed by atoms with Gasteiger partial charge in [-0.05, 0) is 42.5 Å². The number of amides is 2. The summed E-state index contributed by atoms with van der Waals surface area (Å²) >= 11 is 0. The second-order valence-corrected chi connectivity index (χ2v) is 7.14. The molecule has 0 aromatic heterocycles. The van der Waals surface area contributed by atoms with Crippen LogP contribution in [0.5, 0.6) is 5.75 Å². The second-order valence-electron chi connectivity index (χ2n) is 7.14. The Morgan fingerprint density at radius 2 is 1.77 bits per heavy atom. The Morgan fingerprint density at radius 3 is 2.65 bits per heavy atom. The summed E-state index contributed by atoms with van der Waals surface area (Å²) in [7, 11) is 0. The first kappa shape index (κ1) is 16.9. The molecule has 1 aliphatic carbocycles. The number of fused-ring (bicyclic) bond motifs is 1. The molecule has 3 atom stereocenters. The zero-order valence-corrected chi connectivity index (χ0v) is 14.8. The molecule has 0 radical (unpaired) electrons. The molecule has 4 rings (SSSR count). The number of hydrogen-bond acceptors (Lipinski definition) is 3. The molecule has 0 spiro atoms. The van der Waals surface area contributed by atoms with Crippen LogP contribution in [0, 0.1) is 0 Å². The van der Waals surface area contributed by atoms with Crippen LogP contribution >= 0.6 is 0 Å². The Morgan fingerprint density at radius 1 is 0.962 bits per heavy atom. The van der Waals surface area contributed by atoms with Crippen LogP contribution in [-0.2, 0) is 13.2 Å². The van der Waals surface area contributed by atoms with E-state index in [1.165, 1.54) is 11.1 Å². The largest absolute Gasteiger partial charge is 0.489 e. The van der Waals surface area contributed by atoms with Crippen LogP contribution in [0.15, 0.2) is 54.6 Å². The Labute approximate surface area is 154 Å². The number of carbonyl (C=O) groups excluding carboxylic acids is 1. The van der Waals surface area contributed by atoms with Gasteiger partial charge in [0, 0.05) is 12.6 Å². The van der Waals surface area contributed by atoms with E-state index in [4.69, 9.17) is 4.74 Å². The number of urea groups is 1. The van der Waals surface area contributed by atoms with Crippen LogP contribution in [-0.4, -0.2) is 24.2 Å². The first-order chi connectivity index (χ1) is 12.8. The van der Waals surface area contributed by atoms with E-state index < -0.39 is 0 Å². The molecular weight excluding hydrogens is 326 g/mol. The summed E-state index contributed by atoms with van der Waals surface area (Å²) in [5.74, 6) is 0.893. The third kappa shape index (κ3) is 4.17. The predicted molar refractivity (Wildman–Crippen MR) is 101 cm³/mol. The van der Waals surface area contributed by atoms with Crippen molar-refractivity contribution >= 4 is 6.03 Å². The van der Waals surface area contributed by atoms with Crippen LogP contribution in [0.1, 0.15) is 30.4 Å². The maximum Gasteiger partial charge on any atom is 0.315 e. The summed E-state index contributed by atoms with van der Waals surface area (Å²) in [4.78, 5) is 11.4. The Balaban J connectivity index is 1.28. The standard InChI is InChI=1S/C21H25N3O2/c25-21-23-19-10-9-17(12-20(19)24-21)22-13-16-7-4-8-18(11-16)26-14-15-5-2-1-3-6-15/h1-8,11,17,19-20,22H,9-10,12-14H2,(H2,23,24,25). The molecule has 1 saturated carbocycles. The highest BCUT2D eigenvalue weighted by Gasteiger charge is 2.36. The molecule has 3 N–H and O–H groups in total. The fraction of sp³-hybridized carbons (Fsp3) is 0.381. The molecule has 26 heavy (non-hydrogen) atoms. The van der Waals surface area contributed by atoms with Crippen molar-refractivity contribution in [3.05, 3.63) is 65.7 Å². The molecule has 136 valence electrons. The summed E-state index contributed by atoms with van der Waals surface area (Å²) in [5.41, 5.74) is 2.38. The molecule has 2 fully saturated rings. The number of benzene rings is 2. The van der Waals surface area contributed by atoms with Gasteiger partial charge in [0.15, 0.2) is 0 Å². The van der Waals surface area contributed by atoms with E-state index in [0.717, 1.165) is 31.6 Å². The minimum atomic E-state index is -0.0242. The van der Waals surface area contributed by atoms with Crippen LogP contribution in [0.3, 0.4) is 0 Å². The van der Waals surface area contributed by atoms with Crippen molar-refractivity contribution in [3.8, 4) is 5.75 Å². The van der Waals surface area contributed by atoms with Crippen molar-refractivity contribution in [2.75, 3.05) is 0 Å². The lowest BCUT2D eigenvalue weighted by Gasteiger charge is -2.31. The third-order valence-corrected chi connectivity index (χ3v) is 5.22. The van der Waals surface area contributed by atoms with E-state index >= 15 is 0 Å². The van der Waals surface area contributed by atoms with Crippen molar-refractivity contribution in [2.45, 2.75) is 50.5 Å². The highest BCUT2D eigenvalue weighted by molar-refractivity contribution is 5.77. The zero-order valence-electron chi connectivity index (χ0n) is 14.8. The molecule has 2 aromatic carbocycles. The molecular formula is C21H25N3O2. The predicted octanol–water partition coefficient (Wildman–Crippen LogP) is 2.96. The maximum atomic E-state index is 11.4. The Hall–Kier alpha value is -2.53. The lowest BCUT2D eigenvalue weighted by molar-refractivity contribution is 0.247. The van der Waals surface area contributed by atoms with Crippen molar-refractivity contribution in [1.29, 1.82) is 0 Å². The fourth-order valence-corrected chi connectivity index (χ4v) is 3.82. The van der Waals surface area contributed by atoms with Crippen LogP contribution in [0.4, 0.5) is 4.79 Å². The van der Waals surface area contributed by atoms with Gasteiger partial charge in [0.25, 0.3) is 0 Å². The van der Waals surface area contributed by atoms with Gasteiger partial charge in [-0.15, -0.1) is 0 Å². The molecule has 2 amide bonds. The van der Waals surface area contributed by atoms with E-state index in [1.807, 2.05) is 30.3 Å². The molecule has 1 saturated heterocycles. The molecule has 5 nitrogen and oxygen atoms in total. The van der Waals surface area contributed by atoms with Gasteiger partial charge >= 0.3 is 6.03 Å². The maximum absolute atomic E-state index is 11.4. The Kier molecular flexibility index (Phi) is 5.07. The topological polar surface area (TPSA) is 62.4 Å². The molecule has 0 bridgehead atoms. The lowest BCUT2D eigenvalue weighted by atomic mass is 9.88. The van der Waals surface area contributed by atoms with E-state index in [1.54, 1.807) is 0 Å². The highest BCUT2D eigenvalue weighted by Crippen LogP contribution is 2.23. The normalized spacial score (nSPS) is 24.5.